The van der Waals surface area contributed by atoms with Crippen molar-refractivity contribution in [2.45, 2.75) is 25.8 Å². The lowest BCUT2D eigenvalue weighted by Crippen LogP contribution is -2.41. The Morgan fingerprint density at radius 1 is 1.19 bits per heavy atom. The van der Waals surface area contributed by atoms with Crippen LogP contribution in [-0.4, -0.2) is 29.2 Å². The number of para-hydroxylation sites is 1. The first-order chi connectivity index (χ1) is 12.5. The number of benzene rings is 1. The molecule has 3 unspecified atom stereocenters. The molecule has 1 aromatic carbocycles. The van der Waals surface area contributed by atoms with Crippen LogP contribution in [0.2, 0.25) is 0 Å². The maximum absolute atomic E-state index is 12.4. The zero-order valence-corrected chi connectivity index (χ0v) is 14.5. The SMILES string of the molecule is CC(NC(=O)CN1C(=O)C2CC=CCC2C1=O)c1cc2ccccc2o1. The molecule has 1 saturated heterocycles. The maximum atomic E-state index is 12.4. The van der Waals surface area contributed by atoms with Gasteiger partial charge in [-0.05, 0) is 31.9 Å². The van der Waals surface area contributed by atoms with Crippen molar-refractivity contribution < 1.29 is 18.8 Å². The van der Waals surface area contributed by atoms with Crippen LogP contribution in [0.25, 0.3) is 11.0 Å². The van der Waals surface area contributed by atoms with E-state index in [2.05, 4.69) is 5.32 Å². The Kier molecular flexibility index (Phi) is 4.11. The van der Waals surface area contributed by atoms with E-state index < -0.39 is 0 Å². The minimum absolute atomic E-state index is 0.240. The summed E-state index contributed by atoms with van der Waals surface area (Å²) in [4.78, 5) is 38.3. The second-order valence-electron chi connectivity index (χ2n) is 6.89. The van der Waals surface area contributed by atoms with E-state index >= 15 is 0 Å². The number of amides is 3. The molecule has 2 heterocycles. The fourth-order valence-corrected chi connectivity index (χ4v) is 3.74. The number of allylic oxidation sites excluding steroid dienone is 2. The lowest BCUT2D eigenvalue weighted by molar-refractivity contribution is -0.143. The molecule has 134 valence electrons. The number of nitrogens with one attached hydrogen (secondary N) is 1. The summed E-state index contributed by atoms with van der Waals surface area (Å²) >= 11 is 0. The molecule has 3 amide bonds. The van der Waals surface area contributed by atoms with Crippen molar-refractivity contribution in [2.75, 3.05) is 6.54 Å². The molecule has 1 aromatic heterocycles. The summed E-state index contributed by atoms with van der Waals surface area (Å²) in [6.07, 6.45) is 5.00. The average Bonchev–Trinajstić information content (AvgIpc) is 3.18. The molecule has 1 N–H and O–H groups in total. The van der Waals surface area contributed by atoms with Crippen molar-refractivity contribution in [3.8, 4) is 0 Å². The van der Waals surface area contributed by atoms with E-state index in [1.54, 1.807) is 0 Å². The number of nitrogens with zero attached hydrogens (tertiary/aromatic N) is 1. The molecule has 0 saturated carbocycles. The zero-order valence-electron chi connectivity index (χ0n) is 14.5. The number of furan rings is 1. The number of hydrogen-bond acceptors (Lipinski definition) is 4. The average molecular weight is 352 g/mol. The minimum Gasteiger partial charge on any atom is -0.459 e. The van der Waals surface area contributed by atoms with E-state index in [-0.39, 0.29) is 42.1 Å². The summed E-state index contributed by atoms with van der Waals surface area (Å²) in [5, 5.41) is 3.78. The molecule has 3 atom stereocenters. The van der Waals surface area contributed by atoms with Gasteiger partial charge in [-0.2, -0.15) is 0 Å². The van der Waals surface area contributed by atoms with Gasteiger partial charge in [0.2, 0.25) is 17.7 Å². The number of imide groups is 1. The van der Waals surface area contributed by atoms with Crippen molar-refractivity contribution >= 4 is 28.7 Å². The molecule has 6 nitrogen and oxygen atoms in total. The predicted octanol–water partition coefficient (Wildman–Crippen LogP) is 2.56. The van der Waals surface area contributed by atoms with Gasteiger partial charge in [-0.3, -0.25) is 19.3 Å². The zero-order chi connectivity index (χ0) is 18.3. The van der Waals surface area contributed by atoms with Gasteiger partial charge < -0.3 is 9.73 Å². The molecular weight excluding hydrogens is 332 g/mol. The van der Waals surface area contributed by atoms with Gasteiger partial charge in [0.05, 0.1) is 17.9 Å². The lowest BCUT2D eigenvalue weighted by Gasteiger charge is -2.16. The first-order valence-corrected chi connectivity index (χ1v) is 8.82. The Hall–Kier alpha value is -2.89. The molecule has 2 aromatic rings. The van der Waals surface area contributed by atoms with Crippen LogP contribution in [0.4, 0.5) is 0 Å². The Morgan fingerprint density at radius 2 is 1.85 bits per heavy atom. The molecular formula is C20H20N2O4. The number of likely N-dealkylation sites (tertiary alicyclic amines) is 1. The third kappa shape index (κ3) is 2.81. The summed E-state index contributed by atoms with van der Waals surface area (Å²) in [7, 11) is 0. The second-order valence-corrected chi connectivity index (χ2v) is 6.89. The molecule has 1 fully saturated rings. The maximum Gasteiger partial charge on any atom is 0.240 e. The first-order valence-electron chi connectivity index (χ1n) is 8.82. The van der Waals surface area contributed by atoms with Crippen molar-refractivity contribution in [3.63, 3.8) is 0 Å². The van der Waals surface area contributed by atoms with Crippen LogP contribution in [0.5, 0.6) is 0 Å². The highest BCUT2D eigenvalue weighted by atomic mass is 16.3. The van der Waals surface area contributed by atoms with E-state index in [9.17, 15) is 14.4 Å². The normalized spacial score (nSPS) is 23.3. The van der Waals surface area contributed by atoms with Crippen molar-refractivity contribution in [1.29, 1.82) is 0 Å². The number of carbonyl (C=O) groups excluding carboxylic acids is 3. The Balaban J connectivity index is 1.42. The highest BCUT2D eigenvalue weighted by Gasteiger charge is 2.47. The summed E-state index contributed by atoms with van der Waals surface area (Å²) in [5.41, 5.74) is 0.755. The minimum atomic E-state index is -0.369. The van der Waals surface area contributed by atoms with Crippen LogP contribution in [0.3, 0.4) is 0 Å². The molecule has 0 bridgehead atoms. The van der Waals surface area contributed by atoms with Crippen molar-refractivity contribution in [2.24, 2.45) is 11.8 Å². The Labute approximate surface area is 150 Å². The number of carbonyl (C=O) groups is 3. The van der Waals surface area contributed by atoms with Crippen LogP contribution in [0.15, 0.2) is 46.9 Å². The molecule has 1 aliphatic heterocycles. The van der Waals surface area contributed by atoms with Gasteiger partial charge >= 0.3 is 0 Å². The number of hydrogen-bond donors (Lipinski definition) is 1. The third-order valence-electron chi connectivity index (χ3n) is 5.15. The van der Waals surface area contributed by atoms with E-state index in [4.69, 9.17) is 4.42 Å². The predicted molar refractivity (Wildman–Crippen MR) is 94.8 cm³/mol. The van der Waals surface area contributed by atoms with Gasteiger partial charge in [0.25, 0.3) is 0 Å². The molecule has 0 radical (unpaired) electrons. The first kappa shape index (κ1) is 16.6. The molecule has 1 aliphatic carbocycles. The quantitative estimate of drug-likeness (QED) is 0.677. The highest BCUT2D eigenvalue weighted by molar-refractivity contribution is 6.07. The van der Waals surface area contributed by atoms with Crippen molar-refractivity contribution in [1.82, 2.24) is 10.2 Å². The van der Waals surface area contributed by atoms with E-state index in [1.807, 2.05) is 49.4 Å². The summed E-state index contributed by atoms with van der Waals surface area (Å²) < 4.78 is 5.75. The summed E-state index contributed by atoms with van der Waals surface area (Å²) in [6.45, 7) is 1.57. The highest BCUT2D eigenvalue weighted by Crippen LogP contribution is 2.34. The van der Waals surface area contributed by atoms with E-state index in [0.29, 0.717) is 18.6 Å². The van der Waals surface area contributed by atoms with Crippen LogP contribution in [-0.2, 0) is 14.4 Å². The summed E-state index contributed by atoms with van der Waals surface area (Å²) in [6, 6.07) is 9.14. The van der Waals surface area contributed by atoms with Gasteiger partial charge in [0.1, 0.15) is 17.9 Å². The fraction of sp³-hybridized carbons (Fsp3) is 0.350. The van der Waals surface area contributed by atoms with Crippen LogP contribution in [0.1, 0.15) is 31.6 Å². The van der Waals surface area contributed by atoms with Crippen molar-refractivity contribution in [3.05, 3.63) is 48.2 Å². The molecule has 2 aliphatic rings. The van der Waals surface area contributed by atoms with Crippen LogP contribution >= 0.6 is 0 Å². The van der Waals surface area contributed by atoms with Crippen LogP contribution < -0.4 is 5.32 Å². The molecule has 26 heavy (non-hydrogen) atoms. The topological polar surface area (TPSA) is 79.6 Å². The van der Waals surface area contributed by atoms with E-state index in [0.717, 1.165) is 15.9 Å². The second kappa shape index (κ2) is 6.44. The smallest absolute Gasteiger partial charge is 0.240 e. The number of fused-ring (bicyclic) bond motifs is 2. The van der Waals surface area contributed by atoms with Gasteiger partial charge in [-0.1, -0.05) is 30.4 Å². The standard InChI is InChI=1S/C20H20N2O4/c1-12(17-10-13-6-2-5-9-16(13)26-17)21-18(23)11-22-19(24)14-7-3-4-8-15(14)20(22)25/h2-6,9-10,12,14-15H,7-8,11H2,1H3,(H,21,23). The van der Waals surface area contributed by atoms with Gasteiger partial charge in [0.15, 0.2) is 0 Å². The van der Waals surface area contributed by atoms with Gasteiger partial charge in [-0.25, -0.2) is 0 Å². The molecule has 0 spiro atoms. The Bertz CT molecular complexity index is 854. The largest absolute Gasteiger partial charge is 0.459 e. The Morgan fingerprint density at radius 3 is 2.50 bits per heavy atom. The fourth-order valence-electron chi connectivity index (χ4n) is 3.74. The monoisotopic (exact) mass is 352 g/mol. The molecule has 6 heteroatoms. The third-order valence-corrected chi connectivity index (χ3v) is 5.15. The lowest BCUT2D eigenvalue weighted by atomic mass is 9.85. The molecule has 4 rings (SSSR count). The summed E-state index contributed by atoms with van der Waals surface area (Å²) in [5.74, 6) is -0.837. The number of rotatable bonds is 4. The van der Waals surface area contributed by atoms with Crippen LogP contribution in [0, 0.1) is 11.8 Å². The van der Waals surface area contributed by atoms with E-state index in [1.165, 1.54) is 0 Å². The van der Waals surface area contributed by atoms with Gasteiger partial charge in [-0.15, -0.1) is 0 Å². The van der Waals surface area contributed by atoms with Gasteiger partial charge in [0, 0.05) is 5.39 Å².